The summed E-state index contributed by atoms with van der Waals surface area (Å²) < 4.78 is 12.4. The molecule has 1 fully saturated rings. The molecule has 0 saturated heterocycles. The van der Waals surface area contributed by atoms with Crippen LogP contribution in [0.25, 0.3) is 0 Å². The minimum Gasteiger partial charge on any atom is -0.296 e. The van der Waals surface area contributed by atoms with Gasteiger partial charge in [0.2, 0.25) is 0 Å². The van der Waals surface area contributed by atoms with Crippen LogP contribution in [0.2, 0.25) is 0 Å². The Morgan fingerprint density at radius 1 is 1.56 bits per heavy atom. The third-order valence-corrected chi connectivity index (χ3v) is 1.81. The van der Waals surface area contributed by atoms with E-state index in [1.165, 1.54) is 0 Å². The maximum absolute atomic E-state index is 12.4. The summed E-state index contributed by atoms with van der Waals surface area (Å²) >= 11 is 0. The summed E-state index contributed by atoms with van der Waals surface area (Å²) in [7, 11) is 0. The van der Waals surface area contributed by atoms with Gasteiger partial charge in [0.25, 0.3) is 0 Å². The Labute approximate surface area is 54.3 Å². The summed E-state index contributed by atoms with van der Waals surface area (Å²) in [6.45, 7) is 1.99. The number of hydrogen-bond acceptors (Lipinski definition) is 1. The monoisotopic (exact) mass is 130 g/mol. The zero-order valence-corrected chi connectivity index (χ0v) is 5.56. The molecule has 9 heavy (non-hydrogen) atoms. The van der Waals surface area contributed by atoms with Gasteiger partial charge in [-0.1, -0.05) is 6.92 Å². The van der Waals surface area contributed by atoms with Crippen LogP contribution in [0.3, 0.4) is 0 Å². The molecule has 0 N–H and O–H groups in total. The fraction of sp³-hybridized carbons (Fsp3) is 0.857. The highest BCUT2D eigenvalue weighted by Gasteiger charge is 2.25. The van der Waals surface area contributed by atoms with E-state index < -0.39 is 6.17 Å². The molecule has 0 spiro atoms. The van der Waals surface area contributed by atoms with Gasteiger partial charge in [-0.05, 0) is 18.8 Å². The fourth-order valence-electron chi connectivity index (χ4n) is 1.17. The number of carbonyl (C=O) groups is 1. The standard InChI is InChI=1S/C7H11FO/c1-5-2-3-6(8)7(9)4-5/h5-6H,2-4H2,1H3/t5-,6?/m1/s1. The fourth-order valence-corrected chi connectivity index (χ4v) is 1.17. The van der Waals surface area contributed by atoms with Crippen LogP contribution in [0.5, 0.6) is 0 Å². The SMILES string of the molecule is C[C@@H]1CCC(F)C(=O)C1. The van der Waals surface area contributed by atoms with Gasteiger partial charge >= 0.3 is 0 Å². The molecule has 0 radical (unpaired) electrons. The molecule has 0 aliphatic heterocycles. The van der Waals surface area contributed by atoms with Gasteiger partial charge in [-0.3, -0.25) is 4.79 Å². The van der Waals surface area contributed by atoms with Crippen LogP contribution in [0.4, 0.5) is 4.39 Å². The van der Waals surface area contributed by atoms with Crippen molar-refractivity contribution >= 4 is 5.78 Å². The Bertz CT molecular complexity index is 122. The van der Waals surface area contributed by atoms with Crippen molar-refractivity contribution in [3.63, 3.8) is 0 Å². The molecular formula is C7H11FO. The number of Topliss-reactive ketones (excluding diaryl/α,β-unsaturated/α-hetero) is 1. The summed E-state index contributed by atoms with van der Waals surface area (Å²) in [6.07, 6.45) is 0.606. The van der Waals surface area contributed by atoms with Crippen LogP contribution in [0.1, 0.15) is 26.2 Å². The summed E-state index contributed by atoms with van der Waals surface area (Å²) in [5.41, 5.74) is 0. The number of alkyl halides is 1. The molecule has 0 aromatic rings. The highest BCUT2D eigenvalue weighted by Crippen LogP contribution is 2.22. The maximum atomic E-state index is 12.4. The van der Waals surface area contributed by atoms with Crippen LogP contribution in [0, 0.1) is 5.92 Å². The van der Waals surface area contributed by atoms with E-state index in [2.05, 4.69) is 0 Å². The Morgan fingerprint density at radius 2 is 2.22 bits per heavy atom. The number of rotatable bonds is 0. The van der Waals surface area contributed by atoms with Gasteiger partial charge in [-0.25, -0.2) is 4.39 Å². The van der Waals surface area contributed by atoms with Crippen molar-refractivity contribution in [3.8, 4) is 0 Å². The first-order valence-corrected chi connectivity index (χ1v) is 3.37. The number of carbonyl (C=O) groups excluding carboxylic acids is 1. The van der Waals surface area contributed by atoms with E-state index in [4.69, 9.17) is 0 Å². The molecule has 0 aromatic heterocycles. The molecule has 0 amide bonds. The van der Waals surface area contributed by atoms with E-state index in [1.807, 2.05) is 6.92 Å². The van der Waals surface area contributed by atoms with Crippen LogP contribution < -0.4 is 0 Å². The molecule has 0 aromatic carbocycles. The minimum absolute atomic E-state index is 0.200. The summed E-state index contributed by atoms with van der Waals surface area (Å²) in [5.74, 6) is 0.207. The molecule has 1 saturated carbocycles. The summed E-state index contributed by atoms with van der Waals surface area (Å²) in [4.78, 5) is 10.6. The van der Waals surface area contributed by atoms with Crippen LogP contribution in [-0.4, -0.2) is 12.0 Å². The number of ketones is 1. The van der Waals surface area contributed by atoms with E-state index in [-0.39, 0.29) is 5.78 Å². The van der Waals surface area contributed by atoms with Gasteiger partial charge in [-0.2, -0.15) is 0 Å². The number of halogens is 1. The van der Waals surface area contributed by atoms with Crippen molar-refractivity contribution in [2.75, 3.05) is 0 Å². The molecule has 1 rings (SSSR count). The Morgan fingerprint density at radius 3 is 2.67 bits per heavy atom. The molecular weight excluding hydrogens is 119 g/mol. The number of hydrogen-bond donors (Lipinski definition) is 0. The quantitative estimate of drug-likeness (QED) is 0.488. The molecule has 1 unspecified atom stereocenters. The molecule has 0 heterocycles. The van der Waals surface area contributed by atoms with E-state index in [1.54, 1.807) is 0 Å². The van der Waals surface area contributed by atoms with Crippen molar-refractivity contribution in [2.24, 2.45) is 5.92 Å². The van der Waals surface area contributed by atoms with Gasteiger partial charge in [0, 0.05) is 6.42 Å². The Balaban J connectivity index is 2.44. The Hall–Kier alpha value is -0.400. The van der Waals surface area contributed by atoms with Gasteiger partial charge in [0.1, 0.15) is 0 Å². The maximum Gasteiger partial charge on any atom is 0.167 e. The van der Waals surface area contributed by atoms with Crippen molar-refractivity contribution < 1.29 is 9.18 Å². The highest BCUT2D eigenvalue weighted by molar-refractivity contribution is 5.83. The lowest BCUT2D eigenvalue weighted by Gasteiger charge is -2.18. The second-order valence-electron chi connectivity index (χ2n) is 2.82. The van der Waals surface area contributed by atoms with Gasteiger partial charge in [0.05, 0.1) is 0 Å². The second-order valence-corrected chi connectivity index (χ2v) is 2.82. The van der Waals surface area contributed by atoms with Crippen molar-refractivity contribution in [3.05, 3.63) is 0 Å². The molecule has 1 nitrogen and oxygen atoms in total. The average molecular weight is 130 g/mol. The van der Waals surface area contributed by atoms with Crippen molar-refractivity contribution in [1.29, 1.82) is 0 Å². The van der Waals surface area contributed by atoms with Gasteiger partial charge in [-0.15, -0.1) is 0 Å². The summed E-state index contributed by atoms with van der Waals surface area (Å²) in [6, 6.07) is 0. The van der Waals surface area contributed by atoms with Crippen LogP contribution in [0.15, 0.2) is 0 Å². The van der Waals surface area contributed by atoms with E-state index in [0.29, 0.717) is 18.8 Å². The molecule has 2 atom stereocenters. The largest absolute Gasteiger partial charge is 0.296 e. The Kier molecular flexibility index (Phi) is 1.84. The first-order valence-electron chi connectivity index (χ1n) is 3.37. The van der Waals surface area contributed by atoms with E-state index in [9.17, 15) is 9.18 Å². The molecule has 2 heteroatoms. The van der Waals surface area contributed by atoms with Crippen LogP contribution in [-0.2, 0) is 4.79 Å². The first kappa shape index (κ1) is 6.72. The van der Waals surface area contributed by atoms with Gasteiger partial charge < -0.3 is 0 Å². The highest BCUT2D eigenvalue weighted by atomic mass is 19.1. The van der Waals surface area contributed by atoms with Crippen molar-refractivity contribution in [1.82, 2.24) is 0 Å². The van der Waals surface area contributed by atoms with E-state index >= 15 is 0 Å². The predicted octanol–water partition coefficient (Wildman–Crippen LogP) is 1.71. The lowest BCUT2D eigenvalue weighted by atomic mass is 9.89. The topological polar surface area (TPSA) is 17.1 Å². The summed E-state index contributed by atoms with van der Waals surface area (Å²) in [5, 5.41) is 0. The minimum atomic E-state index is -1.15. The molecule has 1 aliphatic rings. The first-order chi connectivity index (χ1) is 4.20. The lowest BCUT2D eigenvalue weighted by Crippen LogP contribution is -2.24. The van der Waals surface area contributed by atoms with Crippen LogP contribution >= 0.6 is 0 Å². The van der Waals surface area contributed by atoms with Gasteiger partial charge in [0.15, 0.2) is 12.0 Å². The average Bonchev–Trinajstić information content (AvgIpc) is 1.80. The van der Waals surface area contributed by atoms with Crippen molar-refractivity contribution in [2.45, 2.75) is 32.4 Å². The smallest absolute Gasteiger partial charge is 0.167 e. The zero-order chi connectivity index (χ0) is 6.85. The molecule has 0 bridgehead atoms. The third kappa shape index (κ3) is 1.50. The lowest BCUT2D eigenvalue weighted by molar-refractivity contribution is -0.126. The van der Waals surface area contributed by atoms with E-state index in [0.717, 1.165) is 6.42 Å². The normalized spacial score (nSPS) is 36.9. The predicted molar refractivity (Wildman–Crippen MR) is 32.9 cm³/mol. The second kappa shape index (κ2) is 2.46. The molecule has 1 aliphatic carbocycles. The zero-order valence-electron chi connectivity index (χ0n) is 5.56. The third-order valence-electron chi connectivity index (χ3n) is 1.81. The molecule has 52 valence electrons.